The Labute approximate surface area is 128 Å². The Bertz CT molecular complexity index is 649. The largest absolute Gasteiger partial charge is 0.478 e. The third-order valence-electron chi connectivity index (χ3n) is 3.33. The second kappa shape index (κ2) is 6.59. The summed E-state index contributed by atoms with van der Waals surface area (Å²) in [7, 11) is 0. The highest BCUT2D eigenvalue weighted by Gasteiger charge is 2.12. The summed E-state index contributed by atoms with van der Waals surface area (Å²) in [5, 5.41) is 12.5. The fourth-order valence-corrected chi connectivity index (χ4v) is 2.38. The molecule has 2 N–H and O–H groups in total. The molecule has 5 heteroatoms. The van der Waals surface area contributed by atoms with Gasteiger partial charge in [0.2, 0.25) is 0 Å². The van der Waals surface area contributed by atoms with Crippen molar-refractivity contribution in [3.63, 3.8) is 0 Å². The summed E-state index contributed by atoms with van der Waals surface area (Å²) in [5.41, 5.74) is 3.43. The first kappa shape index (κ1) is 15.3. The third-order valence-corrected chi connectivity index (χ3v) is 3.62. The van der Waals surface area contributed by atoms with Crippen LogP contribution in [0.15, 0.2) is 30.5 Å². The average Bonchev–Trinajstić information content (AvgIpc) is 2.49. The SMILES string of the molecule is CCc1cccc(CC)c1Nc1ncc(C(=O)O)cc1Cl. The smallest absolute Gasteiger partial charge is 0.337 e. The van der Waals surface area contributed by atoms with E-state index in [4.69, 9.17) is 16.7 Å². The maximum Gasteiger partial charge on any atom is 0.337 e. The summed E-state index contributed by atoms with van der Waals surface area (Å²) in [5.74, 6) is -0.573. The fraction of sp³-hybridized carbons (Fsp3) is 0.250. The van der Waals surface area contributed by atoms with Gasteiger partial charge in [0.05, 0.1) is 10.6 Å². The molecule has 0 amide bonds. The molecule has 1 aromatic carbocycles. The quantitative estimate of drug-likeness (QED) is 0.864. The molecule has 0 aliphatic heterocycles. The number of hydrogen-bond acceptors (Lipinski definition) is 3. The van der Waals surface area contributed by atoms with Crippen LogP contribution in [0.1, 0.15) is 35.3 Å². The number of aromatic nitrogens is 1. The van der Waals surface area contributed by atoms with Crippen LogP contribution in [-0.4, -0.2) is 16.1 Å². The lowest BCUT2D eigenvalue weighted by atomic mass is 10.0. The van der Waals surface area contributed by atoms with E-state index in [2.05, 4.69) is 36.3 Å². The lowest BCUT2D eigenvalue weighted by Gasteiger charge is -2.15. The molecule has 2 aromatic rings. The van der Waals surface area contributed by atoms with E-state index in [1.54, 1.807) is 0 Å². The number of benzene rings is 1. The number of carboxylic acids is 1. The lowest BCUT2D eigenvalue weighted by molar-refractivity contribution is 0.0696. The molecule has 1 heterocycles. The van der Waals surface area contributed by atoms with Crippen LogP contribution < -0.4 is 5.32 Å². The van der Waals surface area contributed by atoms with Crippen LogP contribution >= 0.6 is 11.6 Å². The van der Waals surface area contributed by atoms with E-state index in [0.717, 1.165) is 18.5 Å². The van der Waals surface area contributed by atoms with Crippen molar-refractivity contribution in [2.45, 2.75) is 26.7 Å². The van der Waals surface area contributed by atoms with Crippen molar-refractivity contribution in [1.29, 1.82) is 0 Å². The molecule has 0 atom stereocenters. The van der Waals surface area contributed by atoms with Gasteiger partial charge in [0.15, 0.2) is 0 Å². The zero-order valence-electron chi connectivity index (χ0n) is 12.0. The second-order valence-electron chi connectivity index (χ2n) is 4.64. The number of halogens is 1. The molecule has 4 nitrogen and oxygen atoms in total. The number of pyridine rings is 1. The minimum absolute atomic E-state index is 0.0741. The van der Waals surface area contributed by atoms with E-state index in [9.17, 15) is 4.79 Å². The third kappa shape index (κ3) is 3.34. The van der Waals surface area contributed by atoms with Crippen LogP contribution in [0.3, 0.4) is 0 Å². The minimum Gasteiger partial charge on any atom is -0.478 e. The maximum absolute atomic E-state index is 10.9. The van der Waals surface area contributed by atoms with Crippen LogP contribution in [0, 0.1) is 0 Å². The molecule has 0 saturated heterocycles. The Hall–Kier alpha value is -2.07. The molecule has 0 aliphatic rings. The van der Waals surface area contributed by atoms with Gasteiger partial charge in [-0.1, -0.05) is 43.6 Å². The van der Waals surface area contributed by atoms with Crippen molar-refractivity contribution in [1.82, 2.24) is 4.98 Å². The topological polar surface area (TPSA) is 62.2 Å². The number of aryl methyl sites for hydroxylation is 2. The number of nitrogens with zero attached hydrogens (tertiary/aromatic N) is 1. The Morgan fingerprint density at radius 1 is 1.29 bits per heavy atom. The molecule has 110 valence electrons. The average molecular weight is 305 g/mol. The number of carboxylic acid groups (broad SMARTS) is 1. The van der Waals surface area contributed by atoms with Gasteiger partial charge in [0.25, 0.3) is 0 Å². The predicted molar refractivity (Wildman–Crippen MR) is 84.7 cm³/mol. The van der Waals surface area contributed by atoms with Crippen molar-refractivity contribution >= 4 is 29.1 Å². The van der Waals surface area contributed by atoms with Crippen molar-refractivity contribution in [2.75, 3.05) is 5.32 Å². The first-order chi connectivity index (χ1) is 10.1. The van der Waals surface area contributed by atoms with Gasteiger partial charge >= 0.3 is 5.97 Å². The van der Waals surface area contributed by atoms with Crippen LogP contribution in [0.2, 0.25) is 5.02 Å². The summed E-state index contributed by atoms with van der Waals surface area (Å²) in [6.07, 6.45) is 3.08. The molecular weight excluding hydrogens is 288 g/mol. The van der Waals surface area contributed by atoms with E-state index in [0.29, 0.717) is 10.8 Å². The Kier molecular flexibility index (Phi) is 4.81. The Balaban J connectivity index is 2.40. The number of para-hydroxylation sites is 1. The Morgan fingerprint density at radius 3 is 2.38 bits per heavy atom. The molecule has 0 aliphatic carbocycles. The lowest BCUT2D eigenvalue weighted by Crippen LogP contribution is -2.04. The van der Waals surface area contributed by atoms with Crippen molar-refractivity contribution in [3.05, 3.63) is 52.2 Å². The maximum atomic E-state index is 10.9. The minimum atomic E-state index is -1.04. The van der Waals surface area contributed by atoms with Gasteiger partial charge in [0.1, 0.15) is 5.82 Å². The van der Waals surface area contributed by atoms with Gasteiger partial charge in [-0.15, -0.1) is 0 Å². The molecule has 21 heavy (non-hydrogen) atoms. The highest BCUT2D eigenvalue weighted by atomic mass is 35.5. The van der Waals surface area contributed by atoms with Gasteiger partial charge in [-0.25, -0.2) is 9.78 Å². The zero-order valence-corrected chi connectivity index (χ0v) is 12.7. The summed E-state index contributed by atoms with van der Waals surface area (Å²) >= 11 is 6.13. The molecule has 0 bridgehead atoms. The van der Waals surface area contributed by atoms with Crippen molar-refractivity contribution in [2.24, 2.45) is 0 Å². The van der Waals surface area contributed by atoms with Crippen LogP contribution in [0.4, 0.5) is 11.5 Å². The first-order valence-corrected chi connectivity index (χ1v) is 7.21. The number of aromatic carboxylic acids is 1. The summed E-state index contributed by atoms with van der Waals surface area (Å²) < 4.78 is 0. The van der Waals surface area contributed by atoms with Crippen LogP contribution in [0.25, 0.3) is 0 Å². The number of carbonyl (C=O) groups is 1. The standard InChI is InChI=1S/C16H17ClN2O2/c1-3-10-6-5-7-11(4-2)14(10)19-15-13(17)8-12(9-18-15)16(20)21/h5-9H,3-4H2,1-2H3,(H,18,19)(H,20,21). The number of anilines is 2. The van der Waals surface area contributed by atoms with E-state index in [1.807, 2.05) is 6.07 Å². The predicted octanol–water partition coefficient (Wildman–Crippen LogP) is 4.30. The van der Waals surface area contributed by atoms with Crippen LogP contribution in [-0.2, 0) is 12.8 Å². The highest BCUT2D eigenvalue weighted by molar-refractivity contribution is 6.33. The molecule has 0 spiro atoms. The van der Waals surface area contributed by atoms with E-state index in [-0.39, 0.29) is 5.56 Å². The first-order valence-electron chi connectivity index (χ1n) is 6.83. The number of nitrogens with one attached hydrogen (secondary N) is 1. The van der Waals surface area contributed by atoms with Gasteiger partial charge in [-0.05, 0) is 30.0 Å². The summed E-state index contributed by atoms with van der Waals surface area (Å²) in [6, 6.07) is 7.55. The molecule has 0 saturated carbocycles. The monoisotopic (exact) mass is 304 g/mol. The van der Waals surface area contributed by atoms with Crippen molar-refractivity contribution in [3.8, 4) is 0 Å². The van der Waals surface area contributed by atoms with Crippen molar-refractivity contribution < 1.29 is 9.90 Å². The highest BCUT2D eigenvalue weighted by Crippen LogP contribution is 2.29. The molecular formula is C16H17ClN2O2. The van der Waals surface area contributed by atoms with E-state index < -0.39 is 5.97 Å². The van der Waals surface area contributed by atoms with Gasteiger partial charge < -0.3 is 10.4 Å². The molecule has 2 rings (SSSR count). The van der Waals surface area contributed by atoms with Gasteiger partial charge in [-0.2, -0.15) is 0 Å². The van der Waals surface area contributed by atoms with Gasteiger partial charge in [0, 0.05) is 11.9 Å². The Morgan fingerprint density at radius 2 is 1.90 bits per heavy atom. The number of rotatable bonds is 5. The molecule has 1 aromatic heterocycles. The van der Waals surface area contributed by atoms with Crippen LogP contribution in [0.5, 0.6) is 0 Å². The summed E-state index contributed by atoms with van der Waals surface area (Å²) in [4.78, 5) is 15.0. The normalized spacial score (nSPS) is 10.4. The zero-order chi connectivity index (χ0) is 15.4. The fourth-order valence-electron chi connectivity index (χ4n) is 2.17. The van der Waals surface area contributed by atoms with Gasteiger partial charge in [-0.3, -0.25) is 0 Å². The second-order valence-corrected chi connectivity index (χ2v) is 5.05. The number of hydrogen-bond donors (Lipinski definition) is 2. The molecule has 0 unspecified atom stereocenters. The van der Waals surface area contributed by atoms with E-state index in [1.165, 1.54) is 23.4 Å². The molecule has 0 radical (unpaired) electrons. The summed E-state index contributed by atoms with van der Waals surface area (Å²) in [6.45, 7) is 4.17. The van der Waals surface area contributed by atoms with E-state index >= 15 is 0 Å². The molecule has 0 fully saturated rings.